The van der Waals surface area contributed by atoms with Gasteiger partial charge in [0.05, 0.1) is 17.1 Å². The van der Waals surface area contributed by atoms with Crippen molar-refractivity contribution in [1.82, 2.24) is 4.98 Å². The largest absolute Gasteiger partial charge is 0.476 e. The van der Waals surface area contributed by atoms with Gasteiger partial charge in [0.25, 0.3) is 0 Å². The number of anilines is 3. The van der Waals surface area contributed by atoms with Crippen LogP contribution in [0.1, 0.15) is 10.5 Å². The molecule has 20 heavy (non-hydrogen) atoms. The van der Waals surface area contributed by atoms with E-state index in [4.69, 9.17) is 10.8 Å². The van der Waals surface area contributed by atoms with E-state index in [1.807, 2.05) is 0 Å². The van der Waals surface area contributed by atoms with Gasteiger partial charge in [0, 0.05) is 6.20 Å². The Hall–Kier alpha value is -3.09. The number of nitrogens with two attached hydrogens (primary N) is 1. The maximum atomic E-state index is 11.8. The summed E-state index contributed by atoms with van der Waals surface area (Å²) in [6, 6.07) is 9.11. The van der Waals surface area contributed by atoms with Gasteiger partial charge in [-0.3, -0.25) is 0 Å². The first-order valence-corrected chi connectivity index (χ1v) is 5.69. The van der Waals surface area contributed by atoms with Crippen LogP contribution in [-0.2, 0) is 0 Å². The first-order chi connectivity index (χ1) is 9.58. The molecular formula is C13H12N4O3. The van der Waals surface area contributed by atoms with Crippen molar-refractivity contribution < 1.29 is 14.7 Å². The van der Waals surface area contributed by atoms with E-state index >= 15 is 0 Å². The Balaban J connectivity index is 2.13. The first-order valence-electron chi connectivity index (χ1n) is 5.69. The number of aromatic nitrogens is 1. The molecule has 102 valence electrons. The molecule has 2 aromatic rings. The number of nitrogens with one attached hydrogen (secondary N) is 2. The number of rotatable bonds is 3. The van der Waals surface area contributed by atoms with Crippen molar-refractivity contribution >= 4 is 29.1 Å². The molecule has 0 radical (unpaired) electrons. The number of amides is 2. The molecule has 1 heterocycles. The number of urea groups is 1. The highest BCUT2D eigenvalue weighted by Gasteiger charge is 2.13. The van der Waals surface area contributed by atoms with Crippen molar-refractivity contribution in [3.63, 3.8) is 0 Å². The first kappa shape index (κ1) is 13.3. The van der Waals surface area contributed by atoms with E-state index in [2.05, 4.69) is 15.6 Å². The van der Waals surface area contributed by atoms with Crippen molar-refractivity contribution in [2.45, 2.75) is 0 Å². The maximum absolute atomic E-state index is 11.8. The Bertz CT molecular complexity index is 658. The highest BCUT2D eigenvalue weighted by atomic mass is 16.4. The van der Waals surface area contributed by atoms with Gasteiger partial charge in [0.1, 0.15) is 0 Å². The number of nitrogen functional groups attached to an aromatic ring is 1. The lowest BCUT2D eigenvalue weighted by atomic mass is 10.2. The molecule has 0 aliphatic carbocycles. The van der Waals surface area contributed by atoms with Crippen LogP contribution in [-0.4, -0.2) is 22.1 Å². The normalized spacial score (nSPS) is 9.80. The van der Waals surface area contributed by atoms with Crippen LogP contribution in [0.2, 0.25) is 0 Å². The summed E-state index contributed by atoms with van der Waals surface area (Å²) >= 11 is 0. The number of benzene rings is 1. The molecule has 0 fully saturated rings. The average Bonchev–Trinajstić information content (AvgIpc) is 2.41. The van der Waals surface area contributed by atoms with Gasteiger partial charge in [-0.2, -0.15) is 0 Å². The summed E-state index contributed by atoms with van der Waals surface area (Å²) in [7, 11) is 0. The van der Waals surface area contributed by atoms with Crippen LogP contribution in [0, 0.1) is 0 Å². The van der Waals surface area contributed by atoms with Crippen molar-refractivity contribution in [2.24, 2.45) is 0 Å². The molecule has 7 heteroatoms. The topological polar surface area (TPSA) is 117 Å². The molecule has 0 saturated carbocycles. The van der Waals surface area contributed by atoms with Crippen molar-refractivity contribution in [1.29, 1.82) is 0 Å². The van der Waals surface area contributed by atoms with E-state index in [9.17, 15) is 9.59 Å². The fourth-order valence-electron chi connectivity index (χ4n) is 1.56. The van der Waals surface area contributed by atoms with Crippen molar-refractivity contribution in [3.05, 3.63) is 48.3 Å². The predicted molar refractivity (Wildman–Crippen MR) is 74.7 cm³/mol. The van der Waals surface area contributed by atoms with Gasteiger partial charge < -0.3 is 21.5 Å². The zero-order chi connectivity index (χ0) is 14.5. The molecule has 0 atom stereocenters. The van der Waals surface area contributed by atoms with Gasteiger partial charge in [0.2, 0.25) is 0 Å². The molecule has 0 spiro atoms. The van der Waals surface area contributed by atoms with Gasteiger partial charge in [-0.1, -0.05) is 12.1 Å². The SMILES string of the molecule is Nc1ccccc1NC(=O)Nc1cccnc1C(=O)O. The number of hydrogen-bond acceptors (Lipinski definition) is 4. The van der Waals surface area contributed by atoms with Crippen LogP contribution in [0.5, 0.6) is 0 Å². The van der Waals surface area contributed by atoms with Crippen LogP contribution < -0.4 is 16.4 Å². The molecule has 0 unspecified atom stereocenters. The number of carboxylic acid groups (broad SMARTS) is 1. The Kier molecular flexibility index (Phi) is 3.80. The lowest BCUT2D eigenvalue weighted by Gasteiger charge is -2.10. The molecule has 1 aromatic heterocycles. The average molecular weight is 272 g/mol. The van der Waals surface area contributed by atoms with Gasteiger partial charge in [0.15, 0.2) is 5.69 Å². The number of aromatic carboxylic acids is 1. The molecule has 5 N–H and O–H groups in total. The summed E-state index contributed by atoms with van der Waals surface area (Å²) in [4.78, 5) is 26.5. The van der Waals surface area contributed by atoms with Crippen LogP contribution in [0.15, 0.2) is 42.6 Å². The van der Waals surface area contributed by atoms with Gasteiger partial charge in [-0.15, -0.1) is 0 Å². The second kappa shape index (κ2) is 5.70. The highest BCUT2D eigenvalue weighted by molar-refractivity contribution is 6.04. The molecule has 1 aromatic carbocycles. The molecule has 0 aliphatic heterocycles. The molecule has 7 nitrogen and oxygen atoms in total. The minimum atomic E-state index is -1.22. The summed E-state index contributed by atoms with van der Waals surface area (Å²) in [5.41, 5.74) is 6.41. The van der Waals surface area contributed by atoms with E-state index in [0.29, 0.717) is 11.4 Å². The van der Waals surface area contributed by atoms with Crippen LogP contribution >= 0.6 is 0 Å². The smallest absolute Gasteiger partial charge is 0.356 e. The molecular weight excluding hydrogens is 260 g/mol. The number of nitrogens with zero attached hydrogens (tertiary/aromatic N) is 1. The lowest BCUT2D eigenvalue weighted by molar-refractivity contribution is 0.0692. The number of carboxylic acids is 1. The number of hydrogen-bond donors (Lipinski definition) is 4. The highest BCUT2D eigenvalue weighted by Crippen LogP contribution is 2.18. The zero-order valence-electron chi connectivity index (χ0n) is 10.3. The monoisotopic (exact) mass is 272 g/mol. The Labute approximate surface area is 114 Å². The minimum absolute atomic E-state index is 0.104. The fraction of sp³-hybridized carbons (Fsp3) is 0. The number of carbonyl (C=O) groups excluding carboxylic acids is 1. The van der Waals surface area contributed by atoms with Gasteiger partial charge in [-0.25, -0.2) is 14.6 Å². The second-order valence-electron chi connectivity index (χ2n) is 3.87. The number of carbonyl (C=O) groups is 2. The summed E-state index contributed by atoms with van der Waals surface area (Å²) in [5, 5.41) is 13.9. The van der Waals surface area contributed by atoms with E-state index in [1.165, 1.54) is 18.3 Å². The summed E-state index contributed by atoms with van der Waals surface area (Å²) in [6.45, 7) is 0. The summed E-state index contributed by atoms with van der Waals surface area (Å²) in [5.74, 6) is -1.22. The molecule has 0 saturated heterocycles. The van der Waals surface area contributed by atoms with Crippen molar-refractivity contribution in [2.75, 3.05) is 16.4 Å². The van der Waals surface area contributed by atoms with E-state index in [-0.39, 0.29) is 11.4 Å². The molecule has 0 bridgehead atoms. The second-order valence-corrected chi connectivity index (χ2v) is 3.87. The Morgan fingerprint density at radius 1 is 1.05 bits per heavy atom. The number of pyridine rings is 1. The van der Waals surface area contributed by atoms with Crippen LogP contribution in [0.3, 0.4) is 0 Å². The Morgan fingerprint density at radius 3 is 2.40 bits per heavy atom. The van der Waals surface area contributed by atoms with Crippen LogP contribution in [0.25, 0.3) is 0 Å². The molecule has 2 amide bonds. The summed E-state index contributed by atoms with van der Waals surface area (Å²) < 4.78 is 0. The molecule has 2 rings (SSSR count). The molecule has 0 aliphatic rings. The standard InChI is InChI=1S/C13H12N4O3/c14-8-4-1-2-5-9(8)16-13(20)17-10-6-3-7-15-11(10)12(18)19/h1-7H,14H2,(H,18,19)(H2,16,17,20). The van der Waals surface area contributed by atoms with Gasteiger partial charge in [-0.05, 0) is 24.3 Å². The third-order valence-corrected chi connectivity index (χ3v) is 2.47. The minimum Gasteiger partial charge on any atom is -0.476 e. The van der Waals surface area contributed by atoms with Crippen molar-refractivity contribution in [3.8, 4) is 0 Å². The number of para-hydroxylation sites is 2. The van der Waals surface area contributed by atoms with E-state index in [0.717, 1.165) is 0 Å². The zero-order valence-corrected chi connectivity index (χ0v) is 10.3. The fourth-order valence-corrected chi connectivity index (χ4v) is 1.56. The maximum Gasteiger partial charge on any atom is 0.356 e. The Morgan fingerprint density at radius 2 is 1.70 bits per heavy atom. The third kappa shape index (κ3) is 3.02. The quantitative estimate of drug-likeness (QED) is 0.637. The van der Waals surface area contributed by atoms with Crippen LogP contribution in [0.4, 0.5) is 21.9 Å². The third-order valence-electron chi connectivity index (χ3n) is 2.47. The summed E-state index contributed by atoms with van der Waals surface area (Å²) in [6.07, 6.45) is 1.34. The lowest BCUT2D eigenvalue weighted by Crippen LogP contribution is -2.22. The van der Waals surface area contributed by atoms with Gasteiger partial charge >= 0.3 is 12.0 Å². The predicted octanol–water partition coefficient (Wildman–Crippen LogP) is 2.01. The van der Waals surface area contributed by atoms with E-state index < -0.39 is 12.0 Å². The van der Waals surface area contributed by atoms with E-state index in [1.54, 1.807) is 24.3 Å².